The number of amides is 2. The first-order chi connectivity index (χ1) is 16.2. The molecular formula is C19H22N6O7S2. The quantitative estimate of drug-likeness (QED) is 0.171. The first-order valence-corrected chi connectivity index (χ1v) is 12.2. The van der Waals surface area contributed by atoms with Gasteiger partial charge in [-0.2, -0.15) is 0 Å². The van der Waals surface area contributed by atoms with E-state index in [2.05, 4.69) is 15.5 Å². The minimum atomic E-state index is -1.55. The number of hydrogen-bond acceptors (Lipinski definition) is 11. The normalized spacial score (nSPS) is 23.9. The van der Waals surface area contributed by atoms with E-state index in [0.717, 1.165) is 16.2 Å². The first kappa shape index (κ1) is 24.0. The summed E-state index contributed by atoms with van der Waals surface area (Å²) in [5.41, 5.74) is 9.74. The lowest BCUT2D eigenvalue weighted by atomic mass is 10.0. The Balaban J connectivity index is 1.57. The lowest BCUT2D eigenvalue weighted by Gasteiger charge is -2.49. The zero-order valence-electron chi connectivity index (χ0n) is 17.7. The summed E-state index contributed by atoms with van der Waals surface area (Å²) < 4.78 is 0. The predicted molar refractivity (Wildman–Crippen MR) is 122 cm³/mol. The number of nitrogens with two attached hydrogens (primary N) is 2. The van der Waals surface area contributed by atoms with Gasteiger partial charge < -0.3 is 31.8 Å². The van der Waals surface area contributed by atoms with Gasteiger partial charge in [-0.05, 0) is 18.4 Å². The number of rotatable bonds is 8. The number of carbonyl (C=O) groups is 4. The van der Waals surface area contributed by atoms with Crippen molar-refractivity contribution in [3.63, 3.8) is 0 Å². The van der Waals surface area contributed by atoms with Crippen LogP contribution in [0.3, 0.4) is 0 Å². The number of carboxylic acids is 2. The molecular weight excluding hydrogens is 488 g/mol. The molecule has 0 radical (unpaired) electrons. The summed E-state index contributed by atoms with van der Waals surface area (Å²) in [5, 5.41) is 26.5. The van der Waals surface area contributed by atoms with Crippen LogP contribution in [0.25, 0.3) is 0 Å². The summed E-state index contributed by atoms with van der Waals surface area (Å²) in [6.45, 7) is -0.00706. The zero-order chi connectivity index (χ0) is 24.6. The number of carbonyl (C=O) groups excluding carboxylic acids is 2. The highest BCUT2D eigenvalue weighted by molar-refractivity contribution is 8.00. The third kappa shape index (κ3) is 4.10. The smallest absolute Gasteiger partial charge is 0.352 e. The molecule has 7 N–H and O–H groups in total. The van der Waals surface area contributed by atoms with Crippen molar-refractivity contribution < 1.29 is 34.2 Å². The number of nitrogens with one attached hydrogen (secondary N) is 1. The highest BCUT2D eigenvalue weighted by atomic mass is 32.2. The second-order valence-electron chi connectivity index (χ2n) is 7.93. The average Bonchev–Trinajstić information content (AvgIpc) is 3.46. The molecule has 3 heterocycles. The van der Waals surface area contributed by atoms with Crippen molar-refractivity contribution >= 4 is 57.7 Å². The molecule has 34 heavy (non-hydrogen) atoms. The molecule has 1 aromatic rings. The number of hydrogen-bond donors (Lipinski definition) is 5. The van der Waals surface area contributed by atoms with Gasteiger partial charge in [-0.3, -0.25) is 14.5 Å². The number of β-lactam (4-membered cyclic amide) rings is 1. The van der Waals surface area contributed by atoms with E-state index < -0.39 is 40.8 Å². The molecule has 1 saturated carbocycles. The molecule has 15 heteroatoms. The summed E-state index contributed by atoms with van der Waals surface area (Å²) >= 11 is 2.32. The predicted octanol–water partition coefficient (Wildman–Crippen LogP) is -0.459. The van der Waals surface area contributed by atoms with Gasteiger partial charge in [0, 0.05) is 30.5 Å². The molecule has 2 atom stereocenters. The second kappa shape index (κ2) is 9.23. The first-order valence-electron chi connectivity index (χ1n) is 10.3. The Kier molecular flexibility index (Phi) is 6.51. The monoisotopic (exact) mass is 510 g/mol. The van der Waals surface area contributed by atoms with E-state index in [1.54, 1.807) is 0 Å². The second-order valence-corrected chi connectivity index (χ2v) is 9.93. The number of aliphatic carboxylic acids is 2. The third-order valence-electron chi connectivity index (χ3n) is 5.88. The van der Waals surface area contributed by atoms with Crippen molar-refractivity contribution in [2.45, 2.75) is 42.7 Å². The van der Waals surface area contributed by atoms with Gasteiger partial charge in [0.2, 0.25) is 5.60 Å². The van der Waals surface area contributed by atoms with E-state index in [1.165, 1.54) is 17.1 Å². The Morgan fingerprint density at radius 3 is 2.59 bits per heavy atom. The van der Waals surface area contributed by atoms with Crippen LogP contribution in [0.1, 0.15) is 31.4 Å². The number of oxime groups is 1. The van der Waals surface area contributed by atoms with Gasteiger partial charge in [0.05, 0.1) is 0 Å². The van der Waals surface area contributed by atoms with Crippen LogP contribution in [-0.4, -0.2) is 78.9 Å². The van der Waals surface area contributed by atoms with Crippen LogP contribution in [-0.2, 0) is 24.0 Å². The van der Waals surface area contributed by atoms with Crippen LogP contribution >= 0.6 is 23.1 Å². The fraction of sp³-hybridized carbons (Fsp3) is 0.474. The molecule has 2 fully saturated rings. The Morgan fingerprint density at radius 1 is 1.32 bits per heavy atom. The lowest BCUT2D eigenvalue weighted by molar-refractivity contribution is -0.165. The zero-order valence-corrected chi connectivity index (χ0v) is 19.4. The lowest BCUT2D eigenvalue weighted by Crippen LogP contribution is -2.71. The maximum absolute atomic E-state index is 13.1. The molecule has 4 rings (SSSR count). The molecule has 2 amide bonds. The highest BCUT2D eigenvalue weighted by Crippen LogP contribution is 2.40. The van der Waals surface area contributed by atoms with Gasteiger partial charge in [-0.25, -0.2) is 14.6 Å². The molecule has 182 valence electrons. The van der Waals surface area contributed by atoms with E-state index in [1.807, 2.05) is 0 Å². The van der Waals surface area contributed by atoms with Crippen molar-refractivity contribution in [1.82, 2.24) is 15.2 Å². The van der Waals surface area contributed by atoms with Gasteiger partial charge in [-0.1, -0.05) is 5.16 Å². The van der Waals surface area contributed by atoms with Crippen LogP contribution in [0, 0.1) is 0 Å². The molecule has 0 bridgehead atoms. The molecule has 2 aliphatic heterocycles. The summed E-state index contributed by atoms with van der Waals surface area (Å²) in [6.07, 6.45) is 1.76. The maximum Gasteiger partial charge on any atom is 0.352 e. The van der Waals surface area contributed by atoms with E-state index in [9.17, 15) is 29.4 Å². The Bertz CT molecular complexity index is 1110. The largest absolute Gasteiger partial charge is 0.478 e. The maximum atomic E-state index is 13.1. The van der Waals surface area contributed by atoms with Crippen molar-refractivity contribution in [3.05, 3.63) is 22.3 Å². The molecule has 13 nitrogen and oxygen atoms in total. The number of nitrogen functional groups attached to an aromatic ring is 1. The van der Waals surface area contributed by atoms with Gasteiger partial charge in [0.25, 0.3) is 11.8 Å². The SMILES string of the molecule is NCC1=C(C(=O)O)N2C(=O)C(NC(=O)C(=NOC3(C(=O)O)CCCC3)c3csc(N)n3)[C@@H]2SC1. The molecule has 1 aliphatic carbocycles. The fourth-order valence-corrected chi connectivity index (χ4v) is 5.98. The van der Waals surface area contributed by atoms with Crippen LogP contribution < -0.4 is 16.8 Å². The van der Waals surface area contributed by atoms with Crippen LogP contribution in [0.4, 0.5) is 5.13 Å². The van der Waals surface area contributed by atoms with E-state index in [4.69, 9.17) is 16.3 Å². The Hall–Kier alpha value is -3.17. The molecule has 1 unspecified atom stereocenters. The van der Waals surface area contributed by atoms with Gasteiger partial charge >= 0.3 is 11.9 Å². The van der Waals surface area contributed by atoms with Crippen molar-refractivity contribution in [2.24, 2.45) is 10.9 Å². The van der Waals surface area contributed by atoms with Crippen molar-refractivity contribution in [3.8, 4) is 0 Å². The topological polar surface area (TPSA) is 211 Å². The Morgan fingerprint density at radius 2 is 2.03 bits per heavy atom. The third-order valence-corrected chi connectivity index (χ3v) is 7.89. The summed E-state index contributed by atoms with van der Waals surface area (Å²) in [4.78, 5) is 59.9. The number of thioether (sulfide) groups is 1. The van der Waals surface area contributed by atoms with Gasteiger partial charge in [0.1, 0.15) is 22.8 Å². The molecule has 0 aromatic carbocycles. The minimum Gasteiger partial charge on any atom is -0.478 e. The standard InChI is InChI=1S/C19H22N6O7S2/c20-5-8-6-33-15-11(14(27)25(15)12(8)16(28)29)23-13(26)10(9-7-34-18(21)22-9)24-32-19(17(30)31)3-1-2-4-19/h7,11,15H,1-6,20H2,(H2,21,22)(H,23,26)(H,28,29)(H,30,31)/t11?,15-/m0/s1. The molecule has 0 spiro atoms. The number of fused-ring (bicyclic) bond motifs is 1. The fourth-order valence-electron chi connectivity index (χ4n) is 4.07. The summed E-state index contributed by atoms with van der Waals surface area (Å²) in [5.74, 6) is -3.59. The summed E-state index contributed by atoms with van der Waals surface area (Å²) in [6, 6.07) is -1.02. The Labute approximate surface area is 201 Å². The van der Waals surface area contributed by atoms with E-state index in [0.29, 0.717) is 24.2 Å². The number of nitrogens with zero attached hydrogens (tertiary/aromatic N) is 3. The molecule has 3 aliphatic rings. The van der Waals surface area contributed by atoms with E-state index >= 15 is 0 Å². The average molecular weight is 511 g/mol. The number of aromatic nitrogens is 1. The van der Waals surface area contributed by atoms with Crippen LogP contribution in [0.15, 0.2) is 21.8 Å². The number of thiazole rings is 1. The number of carboxylic acid groups (broad SMARTS) is 2. The van der Waals surface area contributed by atoms with Crippen molar-refractivity contribution in [1.29, 1.82) is 0 Å². The van der Waals surface area contributed by atoms with Gasteiger partial charge in [0.15, 0.2) is 10.8 Å². The minimum absolute atomic E-state index is 0.00706. The molecule has 1 saturated heterocycles. The van der Waals surface area contributed by atoms with Crippen LogP contribution in [0.5, 0.6) is 0 Å². The van der Waals surface area contributed by atoms with Crippen LogP contribution in [0.2, 0.25) is 0 Å². The molecule has 1 aromatic heterocycles. The van der Waals surface area contributed by atoms with Gasteiger partial charge in [-0.15, -0.1) is 23.1 Å². The van der Waals surface area contributed by atoms with E-state index in [-0.39, 0.29) is 41.6 Å². The highest BCUT2D eigenvalue weighted by Gasteiger charge is 2.54. The van der Waals surface area contributed by atoms with Crippen molar-refractivity contribution in [2.75, 3.05) is 18.0 Å². The number of anilines is 1. The summed E-state index contributed by atoms with van der Waals surface area (Å²) in [7, 11) is 0.